The van der Waals surface area contributed by atoms with Crippen LogP contribution >= 0.6 is 0 Å². The lowest BCUT2D eigenvalue weighted by atomic mass is 9.93. The standard InChI is InChI=1S/C26H31N3O3/c1-19(2)13-15-27-25(31)26(3)18-28-21(23-10-7-17-32-23)11-12-22(28)24(30)29(26)16-14-20-8-5-4-6-9-20/h4-12,17,19H,13-16,18H2,1-3H3,(H,27,31)/t26-/m0/s1. The van der Waals surface area contributed by atoms with Crippen LogP contribution in [-0.4, -0.2) is 39.9 Å². The molecular formula is C26H31N3O3. The van der Waals surface area contributed by atoms with E-state index in [4.69, 9.17) is 4.42 Å². The van der Waals surface area contributed by atoms with Gasteiger partial charge in [0.15, 0.2) is 0 Å². The molecule has 3 aromatic rings. The Kier molecular flexibility index (Phi) is 6.21. The summed E-state index contributed by atoms with van der Waals surface area (Å²) in [7, 11) is 0. The van der Waals surface area contributed by atoms with Gasteiger partial charge in [0.25, 0.3) is 5.91 Å². The van der Waals surface area contributed by atoms with Crippen LogP contribution in [0.3, 0.4) is 0 Å². The maximum Gasteiger partial charge on any atom is 0.271 e. The molecule has 0 saturated heterocycles. The van der Waals surface area contributed by atoms with Crippen LogP contribution in [0.4, 0.5) is 0 Å². The fourth-order valence-corrected chi connectivity index (χ4v) is 4.31. The normalized spacial score (nSPS) is 18.1. The van der Waals surface area contributed by atoms with Gasteiger partial charge in [0, 0.05) is 13.1 Å². The molecular weight excluding hydrogens is 402 g/mol. The van der Waals surface area contributed by atoms with Crippen molar-refractivity contribution in [2.45, 2.75) is 45.7 Å². The third kappa shape index (κ3) is 4.22. The lowest BCUT2D eigenvalue weighted by Gasteiger charge is -2.44. The molecule has 2 aromatic heterocycles. The first kappa shape index (κ1) is 21.9. The number of fused-ring (bicyclic) bond motifs is 1. The summed E-state index contributed by atoms with van der Waals surface area (Å²) in [5.74, 6) is 0.923. The molecule has 1 aromatic carbocycles. The second kappa shape index (κ2) is 9.07. The predicted molar refractivity (Wildman–Crippen MR) is 124 cm³/mol. The average molecular weight is 434 g/mol. The summed E-state index contributed by atoms with van der Waals surface area (Å²) in [4.78, 5) is 28.8. The minimum absolute atomic E-state index is 0.121. The number of carbonyl (C=O) groups excluding carboxylic acids is 2. The lowest BCUT2D eigenvalue weighted by Crippen LogP contribution is -2.64. The van der Waals surface area contributed by atoms with Gasteiger partial charge in [0.2, 0.25) is 5.91 Å². The summed E-state index contributed by atoms with van der Waals surface area (Å²) in [5.41, 5.74) is 1.52. The van der Waals surface area contributed by atoms with E-state index in [2.05, 4.69) is 19.2 Å². The van der Waals surface area contributed by atoms with Gasteiger partial charge < -0.3 is 19.2 Å². The van der Waals surface area contributed by atoms with E-state index in [9.17, 15) is 9.59 Å². The molecule has 3 heterocycles. The van der Waals surface area contributed by atoms with Gasteiger partial charge in [-0.05, 0) is 55.5 Å². The van der Waals surface area contributed by atoms with Crippen LogP contribution in [0, 0.1) is 5.92 Å². The molecule has 1 aliphatic rings. The van der Waals surface area contributed by atoms with Crippen LogP contribution in [0.2, 0.25) is 0 Å². The van der Waals surface area contributed by atoms with Crippen LogP contribution in [0.15, 0.2) is 65.3 Å². The first-order chi connectivity index (χ1) is 15.4. The summed E-state index contributed by atoms with van der Waals surface area (Å²) in [5, 5.41) is 3.08. The second-order valence-electron chi connectivity index (χ2n) is 9.07. The molecule has 6 nitrogen and oxygen atoms in total. The van der Waals surface area contributed by atoms with E-state index >= 15 is 0 Å². The van der Waals surface area contributed by atoms with Crippen molar-refractivity contribution in [3.8, 4) is 11.5 Å². The van der Waals surface area contributed by atoms with Crippen LogP contribution in [-0.2, 0) is 17.8 Å². The highest BCUT2D eigenvalue weighted by Crippen LogP contribution is 2.33. The summed E-state index contributed by atoms with van der Waals surface area (Å²) < 4.78 is 7.50. The van der Waals surface area contributed by atoms with E-state index in [-0.39, 0.29) is 11.8 Å². The van der Waals surface area contributed by atoms with E-state index < -0.39 is 5.54 Å². The molecule has 2 amide bonds. The summed E-state index contributed by atoms with van der Waals surface area (Å²) in [6.45, 7) is 7.57. The third-order valence-corrected chi connectivity index (χ3v) is 6.24. The highest BCUT2D eigenvalue weighted by molar-refractivity contribution is 6.00. The van der Waals surface area contributed by atoms with Crippen LogP contribution in [0.25, 0.3) is 11.5 Å². The molecule has 0 bridgehead atoms. The SMILES string of the molecule is CC(C)CCNC(=O)[C@]1(C)Cn2c(ccc2-c2ccco2)C(=O)N1CCc1ccccc1. The number of amides is 2. The van der Waals surface area contributed by atoms with Crippen molar-refractivity contribution in [1.82, 2.24) is 14.8 Å². The number of aromatic nitrogens is 1. The van der Waals surface area contributed by atoms with Crippen molar-refractivity contribution in [2.24, 2.45) is 5.92 Å². The van der Waals surface area contributed by atoms with Crippen molar-refractivity contribution in [2.75, 3.05) is 13.1 Å². The Hall–Kier alpha value is -3.28. The maximum absolute atomic E-state index is 13.6. The van der Waals surface area contributed by atoms with Crippen molar-refractivity contribution >= 4 is 11.8 Å². The zero-order chi connectivity index (χ0) is 22.7. The van der Waals surface area contributed by atoms with Gasteiger partial charge >= 0.3 is 0 Å². The van der Waals surface area contributed by atoms with Crippen molar-refractivity contribution in [3.05, 3.63) is 72.1 Å². The van der Waals surface area contributed by atoms with Gasteiger partial charge in [0.05, 0.1) is 18.5 Å². The van der Waals surface area contributed by atoms with Gasteiger partial charge in [0.1, 0.15) is 17.0 Å². The fraction of sp³-hybridized carbons (Fsp3) is 0.385. The number of hydrogen-bond acceptors (Lipinski definition) is 3. The summed E-state index contributed by atoms with van der Waals surface area (Å²) in [6, 6.07) is 17.5. The smallest absolute Gasteiger partial charge is 0.271 e. The number of rotatable bonds is 8. The predicted octanol–water partition coefficient (Wildman–Crippen LogP) is 4.37. The first-order valence-electron chi connectivity index (χ1n) is 11.3. The summed E-state index contributed by atoms with van der Waals surface area (Å²) in [6.07, 6.45) is 3.20. The van der Waals surface area contributed by atoms with E-state index in [0.717, 1.165) is 17.7 Å². The van der Waals surface area contributed by atoms with E-state index in [1.807, 2.05) is 66.1 Å². The second-order valence-corrected chi connectivity index (χ2v) is 9.07. The Morgan fingerprint density at radius 1 is 1.09 bits per heavy atom. The van der Waals surface area contributed by atoms with E-state index in [1.165, 1.54) is 0 Å². The minimum atomic E-state index is -1.00. The largest absolute Gasteiger partial charge is 0.463 e. The molecule has 168 valence electrons. The topological polar surface area (TPSA) is 67.5 Å². The summed E-state index contributed by atoms with van der Waals surface area (Å²) >= 11 is 0. The van der Waals surface area contributed by atoms with Crippen molar-refractivity contribution in [1.29, 1.82) is 0 Å². The van der Waals surface area contributed by atoms with Crippen molar-refractivity contribution < 1.29 is 14.0 Å². The van der Waals surface area contributed by atoms with Gasteiger partial charge in [-0.3, -0.25) is 9.59 Å². The highest BCUT2D eigenvalue weighted by Gasteiger charge is 2.47. The molecule has 0 spiro atoms. The number of nitrogens with zero attached hydrogens (tertiary/aromatic N) is 2. The monoisotopic (exact) mass is 433 g/mol. The fourth-order valence-electron chi connectivity index (χ4n) is 4.31. The molecule has 1 atom stereocenters. The number of nitrogens with one attached hydrogen (secondary N) is 1. The number of furan rings is 1. The first-order valence-corrected chi connectivity index (χ1v) is 11.3. The van der Waals surface area contributed by atoms with Crippen LogP contribution in [0.5, 0.6) is 0 Å². The highest BCUT2D eigenvalue weighted by atomic mass is 16.3. The molecule has 1 N–H and O–H groups in total. The van der Waals surface area contributed by atoms with Gasteiger partial charge in [-0.2, -0.15) is 0 Å². The maximum atomic E-state index is 13.6. The molecule has 0 aliphatic carbocycles. The van der Waals surface area contributed by atoms with Gasteiger partial charge in [-0.15, -0.1) is 0 Å². The Bertz CT molecular complexity index is 1070. The lowest BCUT2D eigenvalue weighted by molar-refractivity contribution is -0.132. The molecule has 0 saturated carbocycles. The quantitative estimate of drug-likeness (QED) is 0.574. The van der Waals surface area contributed by atoms with E-state index in [0.29, 0.717) is 43.4 Å². The Balaban J connectivity index is 1.66. The van der Waals surface area contributed by atoms with Crippen molar-refractivity contribution in [3.63, 3.8) is 0 Å². The number of carbonyl (C=O) groups is 2. The molecule has 6 heteroatoms. The van der Waals surface area contributed by atoms with Gasteiger partial charge in [-0.1, -0.05) is 44.2 Å². The Morgan fingerprint density at radius 3 is 2.53 bits per heavy atom. The Labute approximate surface area is 189 Å². The van der Waals surface area contributed by atoms with Gasteiger partial charge in [-0.25, -0.2) is 0 Å². The van der Waals surface area contributed by atoms with E-state index in [1.54, 1.807) is 11.2 Å². The third-order valence-electron chi connectivity index (χ3n) is 6.24. The molecule has 32 heavy (non-hydrogen) atoms. The molecule has 0 fully saturated rings. The number of benzene rings is 1. The Morgan fingerprint density at radius 2 is 1.84 bits per heavy atom. The number of hydrogen-bond donors (Lipinski definition) is 1. The molecule has 0 radical (unpaired) electrons. The van der Waals surface area contributed by atoms with Crippen LogP contribution < -0.4 is 5.32 Å². The average Bonchev–Trinajstić information content (AvgIpc) is 3.43. The zero-order valence-corrected chi connectivity index (χ0v) is 19.0. The zero-order valence-electron chi connectivity index (χ0n) is 19.0. The molecule has 1 aliphatic heterocycles. The molecule has 4 rings (SSSR count). The van der Waals surface area contributed by atoms with Crippen LogP contribution in [0.1, 0.15) is 43.2 Å². The minimum Gasteiger partial charge on any atom is -0.463 e. The molecule has 0 unspecified atom stereocenters.